The first-order valence-corrected chi connectivity index (χ1v) is 7.96. The van der Waals surface area contributed by atoms with Crippen LogP contribution in [0.1, 0.15) is 0 Å². The van der Waals surface area contributed by atoms with E-state index >= 15 is 0 Å². The number of benzene rings is 2. The number of imidazole rings is 1. The molecule has 21 heavy (non-hydrogen) atoms. The molecule has 3 rings (SSSR count). The van der Waals surface area contributed by atoms with E-state index in [1.807, 2.05) is 30.3 Å². The van der Waals surface area contributed by atoms with Gasteiger partial charge >= 0.3 is 0 Å². The van der Waals surface area contributed by atoms with E-state index in [-0.39, 0.29) is 10.1 Å². The van der Waals surface area contributed by atoms with Crippen molar-refractivity contribution in [1.82, 2.24) is 9.55 Å². The summed E-state index contributed by atoms with van der Waals surface area (Å²) < 4.78 is 26.8. The van der Waals surface area contributed by atoms with Gasteiger partial charge in [-0.05, 0) is 17.7 Å². The Bertz CT molecular complexity index is 854. The summed E-state index contributed by atoms with van der Waals surface area (Å²) in [5.41, 5.74) is 1.70. The number of sulfone groups is 1. The van der Waals surface area contributed by atoms with Crippen molar-refractivity contribution in [3.8, 4) is 11.3 Å². The highest BCUT2D eigenvalue weighted by molar-refractivity contribution is 7.91. The third-order valence-electron chi connectivity index (χ3n) is 3.31. The molecule has 2 aromatic carbocycles. The van der Waals surface area contributed by atoms with Gasteiger partial charge in [0.1, 0.15) is 0 Å². The van der Waals surface area contributed by atoms with Crippen molar-refractivity contribution in [3.05, 3.63) is 66.9 Å². The van der Waals surface area contributed by atoms with Gasteiger partial charge in [0.25, 0.3) is 0 Å². The minimum Gasteiger partial charge on any atom is -0.318 e. The molecule has 4 nitrogen and oxygen atoms in total. The SMILES string of the molecule is Cn1c(-c2ccccc2)cnc1S(=O)(=O)c1ccccc1. The van der Waals surface area contributed by atoms with E-state index in [0.29, 0.717) is 0 Å². The Morgan fingerprint density at radius 1 is 0.905 bits per heavy atom. The maximum atomic E-state index is 12.6. The van der Waals surface area contributed by atoms with E-state index in [2.05, 4.69) is 4.98 Å². The average Bonchev–Trinajstić information content (AvgIpc) is 2.91. The van der Waals surface area contributed by atoms with Crippen molar-refractivity contribution in [1.29, 1.82) is 0 Å². The van der Waals surface area contributed by atoms with Crippen LogP contribution < -0.4 is 0 Å². The third kappa shape index (κ3) is 2.36. The number of aromatic nitrogens is 2. The van der Waals surface area contributed by atoms with Crippen LogP contribution in [0.2, 0.25) is 0 Å². The van der Waals surface area contributed by atoms with Crippen molar-refractivity contribution in [3.63, 3.8) is 0 Å². The lowest BCUT2D eigenvalue weighted by molar-refractivity contribution is 0.579. The second-order valence-electron chi connectivity index (χ2n) is 4.67. The molecule has 0 aliphatic heterocycles. The molecule has 0 saturated carbocycles. The Labute approximate surface area is 123 Å². The monoisotopic (exact) mass is 298 g/mol. The zero-order valence-corrected chi connectivity index (χ0v) is 12.3. The molecule has 106 valence electrons. The molecule has 0 aliphatic rings. The zero-order valence-electron chi connectivity index (χ0n) is 11.5. The molecule has 0 N–H and O–H groups in total. The molecule has 1 heterocycles. The molecule has 0 spiro atoms. The van der Waals surface area contributed by atoms with Gasteiger partial charge in [-0.3, -0.25) is 0 Å². The van der Waals surface area contributed by atoms with Gasteiger partial charge in [-0.1, -0.05) is 48.5 Å². The summed E-state index contributed by atoms with van der Waals surface area (Å²) in [7, 11) is -1.89. The fraction of sp³-hybridized carbons (Fsp3) is 0.0625. The molecule has 0 fully saturated rings. The molecule has 0 aliphatic carbocycles. The van der Waals surface area contributed by atoms with Gasteiger partial charge in [0.05, 0.1) is 16.8 Å². The van der Waals surface area contributed by atoms with Crippen molar-refractivity contribution in [2.45, 2.75) is 10.1 Å². The Hall–Kier alpha value is -2.40. The summed E-state index contributed by atoms with van der Waals surface area (Å²) in [6.45, 7) is 0. The fourth-order valence-corrected chi connectivity index (χ4v) is 3.60. The second-order valence-corrected chi connectivity index (χ2v) is 6.51. The average molecular weight is 298 g/mol. The number of nitrogens with zero attached hydrogens (tertiary/aromatic N) is 2. The van der Waals surface area contributed by atoms with Gasteiger partial charge in [0, 0.05) is 7.05 Å². The molecule has 0 unspecified atom stereocenters. The Kier molecular flexibility index (Phi) is 3.35. The lowest BCUT2D eigenvalue weighted by Gasteiger charge is -2.07. The first-order valence-electron chi connectivity index (χ1n) is 6.48. The highest BCUT2D eigenvalue weighted by atomic mass is 32.2. The van der Waals surface area contributed by atoms with Gasteiger partial charge < -0.3 is 4.57 Å². The van der Waals surface area contributed by atoms with Crippen molar-refractivity contribution >= 4 is 9.84 Å². The summed E-state index contributed by atoms with van der Waals surface area (Å²) >= 11 is 0. The number of rotatable bonds is 3. The predicted molar refractivity (Wildman–Crippen MR) is 80.5 cm³/mol. The predicted octanol–water partition coefficient (Wildman–Crippen LogP) is 2.92. The lowest BCUT2D eigenvalue weighted by atomic mass is 10.2. The van der Waals surface area contributed by atoms with Crippen LogP contribution in [-0.2, 0) is 16.9 Å². The van der Waals surface area contributed by atoms with E-state index < -0.39 is 9.84 Å². The molecule has 0 amide bonds. The summed E-state index contributed by atoms with van der Waals surface area (Å²) in [5, 5.41) is 0.0487. The topological polar surface area (TPSA) is 52.0 Å². The van der Waals surface area contributed by atoms with Crippen LogP contribution in [0.4, 0.5) is 0 Å². The molecule has 1 aromatic heterocycles. The largest absolute Gasteiger partial charge is 0.318 e. The van der Waals surface area contributed by atoms with Crippen molar-refractivity contribution in [2.24, 2.45) is 7.05 Å². The second kappa shape index (κ2) is 5.18. The first-order chi connectivity index (χ1) is 10.1. The van der Waals surface area contributed by atoms with Gasteiger partial charge in [-0.25, -0.2) is 13.4 Å². The zero-order chi connectivity index (χ0) is 14.9. The normalized spacial score (nSPS) is 11.5. The van der Waals surface area contributed by atoms with E-state index in [4.69, 9.17) is 0 Å². The van der Waals surface area contributed by atoms with Gasteiger partial charge in [-0.2, -0.15) is 0 Å². The smallest absolute Gasteiger partial charge is 0.240 e. The Morgan fingerprint density at radius 3 is 2.10 bits per heavy atom. The van der Waals surface area contributed by atoms with E-state index in [1.54, 1.807) is 48.1 Å². The van der Waals surface area contributed by atoms with E-state index in [1.165, 1.54) is 0 Å². The molecule has 5 heteroatoms. The third-order valence-corrected chi connectivity index (χ3v) is 5.06. The number of hydrogen-bond acceptors (Lipinski definition) is 3. The van der Waals surface area contributed by atoms with Gasteiger partial charge in [-0.15, -0.1) is 0 Å². The Balaban J connectivity index is 2.12. The van der Waals surface area contributed by atoms with Crippen LogP contribution in [0.3, 0.4) is 0 Å². The van der Waals surface area contributed by atoms with Crippen molar-refractivity contribution < 1.29 is 8.42 Å². The van der Waals surface area contributed by atoms with Crippen LogP contribution in [0.15, 0.2) is 76.9 Å². The lowest BCUT2D eigenvalue weighted by Crippen LogP contribution is -2.09. The van der Waals surface area contributed by atoms with Crippen LogP contribution >= 0.6 is 0 Å². The van der Waals surface area contributed by atoms with Crippen LogP contribution in [0.5, 0.6) is 0 Å². The van der Waals surface area contributed by atoms with E-state index in [9.17, 15) is 8.42 Å². The highest BCUT2D eigenvalue weighted by Crippen LogP contribution is 2.25. The standard InChI is InChI=1S/C16H14N2O2S/c1-18-15(13-8-4-2-5-9-13)12-17-16(18)21(19,20)14-10-6-3-7-11-14/h2-12H,1H3. The maximum absolute atomic E-state index is 12.6. The molecule has 0 bridgehead atoms. The molecule has 0 radical (unpaired) electrons. The van der Waals surface area contributed by atoms with E-state index in [0.717, 1.165) is 11.3 Å². The fourth-order valence-electron chi connectivity index (χ4n) is 2.22. The van der Waals surface area contributed by atoms with Crippen LogP contribution in [-0.4, -0.2) is 18.0 Å². The van der Waals surface area contributed by atoms with Crippen LogP contribution in [0.25, 0.3) is 11.3 Å². The minimum atomic E-state index is -3.60. The van der Waals surface area contributed by atoms with Crippen molar-refractivity contribution in [2.75, 3.05) is 0 Å². The number of hydrogen-bond donors (Lipinski definition) is 0. The van der Waals surface area contributed by atoms with Crippen LogP contribution in [0, 0.1) is 0 Å². The first kappa shape index (κ1) is 13.6. The summed E-state index contributed by atoms with van der Waals surface area (Å²) in [5.74, 6) is 0. The van der Waals surface area contributed by atoms with Gasteiger partial charge in [0.2, 0.25) is 15.0 Å². The maximum Gasteiger partial charge on any atom is 0.240 e. The summed E-state index contributed by atoms with van der Waals surface area (Å²) in [6.07, 6.45) is 1.59. The molecular weight excluding hydrogens is 284 g/mol. The molecule has 0 saturated heterocycles. The molecule has 0 atom stereocenters. The summed E-state index contributed by atoms with van der Waals surface area (Å²) in [6, 6.07) is 17.9. The quantitative estimate of drug-likeness (QED) is 0.747. The molecular formula is C16H14N2O2S. The van der Waals surface area contributed by atoms with Gasteiger partial charge in [0.15, 0.2) is 0 Å². The highest BCUT2D eigenvalue weighted by Gasteiger charge is 2.24. The summed E-state index contributed by atoms with van der Waals surface area (Å²) in [4.78, 5) is 4.36. The Morgan fingerprint density at radius 2 is 1.48 bits per heavy atom. The molecule has 3 aromatic rings. The minimum absolute atomic E-state index is 0.0487.